The number of fused-ring (bicyclic) bond motifs is 2. The number of likely N-dealkylation sites (N-methyl/N-ethyl adjacent to an activating group) is 1. The van der Waals surface area contributed by atoms with Gasteiger partial charge in [-0.05, 0) is 69.1 Å². The van der Waals surface area contributed by atoms with Crippen LogP contribution in [0.4, 0.5) is 0 Å². The fourth-order valence-corrected chi connectivity index (χ4v) is 5.07. The molecule has 1 fully saturated rings. The van der Waals surface area contributed by atoms with E-state index >= 15 is 0 Å². The quantitative estimate of drug-likeness (QED) is 0.869. The molecule has 0 amide bonds. The van der Waals surface area contributed by atoms with E-state index in [1.165, 1.54) is 16.7 Å². The summed E-state index contributed by atoms with van der Waals surface area (Å²) < 4.78 is 0. The van der Waals surface area contributed by atoms with Gasteiger partial charge in [0.05, 0.1) is 12.1 Å². The summed E-state index contributed by atoms with van der Waals surface area (Å²) in [6.45, 7) is 2.99. The van der Waals surface area contributed by atoms with Crippen molar-refractivity contribution >= 4 is 0 Å². The van der Waals surface area contributed by atoms with Crippen molar-refractivity contribution in [3.8, 4) is 0 Å². The van der Waals surface area contributed by atoms with Gasteiger partial charge in [0, 0.05) is 5.41 Å². The molecule has 1 spiro atoms. The zero-order valence-corrected chi connectivity index (χ0v) is 15.7. The Morgan fingerprint density at radius 1 is 1.04 bits per heavy atom. The molecule has 2 N–H and O–H groups in total. The van der Waals surface area contributed by atoms with E-state index in [0.717, 1.165) is 45.3 Å². The van der Waals surface area contributed by atoms with Gasteiger partial charge in [-0.2, -0.15) is 0 Å². The van der Waals surface area contributed by atoms with Gasteiger partial charge in [-0.1, -0.05) is 54.6 Å². The number of hydrogen-bond acceptors (Lipinski definition) is 3. The monoisotopic (exact) mass is 350 g/mol. The lowest BCUT2D eigenvalue weighted by atomic mass is 9.72. The summed E-state index contributed by atoms with van der Waals surface area (Å²) in [7, 11) is 2.18. The van der Waals surface area contributed by atoms with Crippen molar-refractivity contribution in [3.05, 3.63) is 71.3 Å². The summed E-state index contributed by atoms with van der Waals surface area (Å²) in [6.07, 6.45) is 3.94. The Hall–Kier alpha value is -1.68. The molecule has 138 valence electrons. The molecule has 2 aromatic carbocycles. The standard InChI is InChI=1S/C23H30N2O/c1-25(17-7-10-18-8-3-2-4-9-18)21-19-11-5-6-12-20(19)23(22(21)26)13-15-24-16-14-23/h2-6,8-9,11-12,21-22,24,26H,7,10,13-17H2,1H3/t21-,22+/m1/s1. The molecule has 2 aromatic rings. The van der Waals surface area contributed by atoms with Crippen LogP contribution in [0.3, 0.4) is 0 Å². The molecule has 1 heterocycles. The highest BCUT2D eigenvalue weighted by molar-refractivity contribution is 5.45. The second-order valence-corrected chi connectivity index (χ2v) is 7.95. The summed E-state index contributed by atoms with van der Waals surface area (Å²) in [5.41, 5.74) is 4.04. The van der Waals surface area contributed by atoms with Crippen LogP contribution in [0.1, 0.15) is 42.0 Å². The summed E-state index contributed by atoms with van der Waals surface area (Å²) >= 11 is 0. The van der Waals surface area contributed by atoms with Crippen molar-refractivity contribution in [3.63, 3.8) is 0 Å². The molecule has 0 aromatic heterocycles. The summed E-state index contributed by atoms with van der Waals surface area (Å²) in [6, 6.07) is 19.5. The van der Waals surface area contributed by atoms with Crippen molar-refractivity contribution < 1.29 is 5.11 Å². The van der Waals surface area contributed by atoms with E-state index < -0.39 is 0 Å². The van der Waals surface area contributed by atoms with E-state index in [0.29, 0.717) is 0 Å². The number of aliphatic hydroxyl groups excluding tert-OH is 1. The third-order valence-electron chi connectivity index (χ3n) is 6.47. The SMILES string of the molecule is CN(CCCc1ccccc1)[C@@H]1c2ccccc2C2(CCNCC2)[C@H]1O. The second kappa shape index (κ2) is 7.51. The van der Waals surface area contributed by atoms with Crippen LogP contribution in [0.5, 0.6) is 0 Å². The minimum atomic E-state index is -0.316. The van der Waals surface area contributed by atoms with Gasteiger partial charge >= 0.3 is 0 Å². The van der Waals surface area contributed by atoms with Crippen LogP contribution in [0.2, 0.25) is 0 Å². The Morgan fingerprint density at radius 2 is 1.73 bits per heavy atom. The second-order valence-electron chi connectivity index (χ2n) is 7.95. The zero-order chi connectivity index (χ0) is 18.0. The van der Waals surface area contributed by atoms with Gasteiger partial charge in [-0.15, -0.1) is 0 Å². The van der Waals surface area contributed by atoms with E-state index in [1.807, 2.05) is 0 Å². The average molecular weight is 351 g/mol. The van der Waals surface area contributed by atoms with Crippen molar-refractivity contribution in [2.24, 2.45) is 0 Å². The molecule has 0 saturated carbocycles. The van der Waals surface area contributed by atoms with Gasteiger partial charge in [0.15, 0.2) is 0 Å². The normalized spacial score (nSPS) is 24.1. The van der Waals surface area contributed by atoms with E-state index in [9.17, 15) is 5.11 Å². The molecule has 3 heteroatoms. The molecule has 26 heavy (non-hydrogen) atoms. The molecule has 1 aliphatic carbocycles. The smallest absolute Gasteiger partial charge is 0.0834 e. The molecule has 1 aliphatic heterocycles. The van der Waals surface area contributed by atoms with E-state index in [4.69, 9.17) is 0 Å². The maximum absolute atomic E-state index is 11.4. The molecular formula is C23H30N2O. The summed E-state index contributed by atoms with van der Waals surface area (Å²) in [5.74, 6) is 0. The number of benzene rings is 2. The van der Waals surface area contributed by atoms with E-state index in [-0.39, 0.29) is 17.6 Å². The maximum Gasteiger partial charge on any atom is 0.0834 e. The van der Waals surface area contributed by atoms with E-state index in [1.54, 1.807) is 0 Å². The number of nitrogens with zero attached hydrogens (tertiary/aromatic N) is 1. The van der Waals surface area contributed by atoms with Crippen molar-refractivity contribution in [2.45, 2.75) is 43.2 Å². The lowest BCUT2D eigenvalue weighted by molar-refractivity contribution is 0.00637. The van der Waals surface area contributed by atoms with Gasteiger partial charge < -0.3 is 10.4 Å². The third-order valence-corrected chi connectivity index (χ3v) is 6.47. The Bertz CT molecular complexity index is 724. The van der Waals surface area contributed by atoms with Crippen molar-refractivity contribution in [1.82, 2.24) is 10.2 Å². The predicted molar refractivity (Wildman–Crippen MR) is 106 cm³/mol. The van der Waals surface area contributed by atoms with Crippen LogP contribution in [-0.2, 0) is 11.8 Å². The molecular weight excluding hydrogens is 320 g/mol. The van der Waals surface area contributed by atoms with Gasteiger partial charge in [0.2, 0.25) is 0 Å². The Morgan fingerprint density at radius 3 is 2.50 bits per heavy atom. The van der Waals surface area contributed by atoms with Crippen LogP contribution in [-0.4, -0.2) is 42.8 Å². The number of rotatable bonds is 5. The molecule has 0 bridgehead atoms. The zero-order valence-electron chi connectivity index (χ0n) is 15.7. The number of aliphatic hydroxyl groups is 1. The topological polar surface area (TPSA) is 35.5 Å². The average Bonchev–Trinajstić information content (AvgIpc) is 2.92. The van der Waals surface area contributed by atoms with Gasteiger partial charge in [0.1, 0.15) is 0 Å². The molecule has 1 saturated heterocycles. The number of hydrogen-bond donors (Lipinski definition) is 2. The Balaban J connectivity index is 1.50. The highest BCUT2D eigenvalue weighted by Crippen LogP contribution is 2.51. The van der Waals surface area contributed by atoms with Crippen molar-refractivity contribution in [2.75, 3.05) is 26.7 Å². The maximum atomic E-state index is 11.4. The summed E-state index contributed by atoms with van der Waals surface area (Å²) in [5, 5.41) is 14.9. The first-order valence-corrected chi connectivity index (χ1v) is 9.95. The Labute approximate surface area is 157 Å². The predicted octanol–water partition coefficient (Wildman–Crippen LogP) is 3.29. The lowest BCUT2D eigenvalue weighted by Crippen LogP contribution is -2.48. The number of aryl methyl sites for hydroxylation is 1. The molecule has 2 aliphatic rings. The Kier molecular flexibility index (Phi) is 5.12. The van der Waals surface area contributed by atoms with Crippen LogP contribution < -0.4 is 5.32 Å². The van der Waals surface area contributed by atoms with Crippen LogP contribution >= 0.6 is 0 Å². The highest BCUT2D eigenvalue weighted by atomic mass is 16.3. The van der Waals surface area contributed by atoms with Gasteiger partial charge in [-0.25, -0.2) is 0 Å². The van der Waals surface area contributed by atoms with E-state index in [2.05, 4.69) is 71.9 Å². The molecule has 0 radical (unpaired) electrons. The number of piperidine rings is 1. The molecule has 3 nitrogen and oxygen atoms in total. The minimum absolute atomic E-state index is 0.0692. The van der Waals surface area contributed by atoms with Gasteiger partial charge in [-0.3, -0.25) is 4.90 Å². The third kappa shape index (κ3) is 3.09. The first-order chi connectivity index (χ1) is 12.7. The molecule has 2 atom stereocenters. The first kappa shape index (κ1) is 17.7. The highest BCUT2D eigenvalue weighted by Gasteiger charge is 2.52. The molecule has 4 rings (SSSR count). The first-order valence-electron chi connectivity index (χ1n) is 9.95. The van der Waals surface area contributed by atoms with Crippen LogP contribution in [0, 0.1) is 0 Å². The minimum Gasteiger partial charge on any atom is -0.390 e. The van der Waals surface area contributed by atoms with Crippen LogP contribution in [0.25, 0.3) is 0 Å². The fraction of sp³-hybridized carbons (Fsp3) is 0.478. The summed E-state index contributed by atoms with van der Waals surface area (Å²) in [4.78, 5) is 2.38. The number of nitrogens with one attached hydrogen (secondary N) is 1. The van der Waals surface area contributed by atoms with Crippen molar-refractivity contribution in [1.29, 1.82) is 0 Å². The fourth-order valence-electron chi connectivity index (χ4n) is 5.07. The molecule has 0 unspecified atom stereocenters. The van der Waals surface area contributed by atoms with Crippen LogP contribution in [0.15, 0.2) is 54.6 Å². The van der Waals surface area contributed by atoms with Gasteiger partial charge in [0.25, 0.3) is 0 Å². The largest absolute Gasteiger partial charge is 0.390 e. The lowest BCUT2D eigenvalue weighted by Gasteiger charge is -2.40.